The molecule has 0 aliphatic heterocycles. The van der Waals surface area contributed by atoms with Crippen LogP contribution in [-0.4, -0.2) is 65.4 Å². The molecule has 3 rings (SSSR count). The molecule has 8 nitrogen and oxygen atoms in total. The van der Waals surface area contributed by atoms with Gasteiger partial charge in [-0.1, -0.05) is 69.3 Å². The smallest absolute Gasteiger partial charge is 0.407 e. The SMILES string of the molecule is CC(C)(C)CCC(NC(=O)OCC1c2ccccc2-c2ccccc21)C(=O)N(CCO)CC(=O)O. The maximum absolute atomic E-state index is 13.1. The van der Waals surface area contributed by atoms with E-state index in [1.54, 1.807) is 0 Å². The highest BCUT2D eigenvalue weighted by atomic mass is 16.5. The Morgan fingerprint density at radius 2 is 1.60 bits per heavy atom. The molecule has 0 aromatic heterocycles. The van der Waals surface area contributed by atoms with Crippen LogP contribution in [0.1, 0.15) is 50.7 Å². The molecule has 0 heterocycles. The lowest BCUT2D eigenvalue weighted by Gasteiger charge is -2.28. The van der Waals surface area contributed by atoms with Crippen molar-refractivity contribution in [1.29, 1.82) is 0 Å². The Hall–Kier alpha value is -3.39. The molecule has 0 radical (unpaired) electrons. The van der Waals surface area contributed by atoms with E-state index >= 15 is 0 Å². The number of aliphatic hydroxyl groups is 1. The van der Waals surface area contributed by atoms with Crippen molar-refractivity contribution in [3.63, 3.8) is 0 Å². The zero-order valence-electron chi connectivity index (χ0n) is 20.5. The van der Waals surface area contributed by atoms with Crippen LogP contribution in [0.2, 0.25) is 0 Å². The molecule has 1 aliphatic carbocycles. The number of rotatable bonds is 10. The van der Waals surface area contributed by atoms with Crippen LogP contribution >= 0.6 is 0 Å². The number of nitrogens with one attached hydrogen (secondary N) is 1. The van der Waals surface area contributed by atoms with Crippen LogP contribution in [0.5, 0.6) is 0 Å². The lowest BCUT2D eigenvalue weighted by atomic mass is 9.88. The van der Waals surface area contributed by atoms with Crippen molar-refractivity contribution in [2.24, 2.45) is 5.41 Å². The number of nitrogens with zero attached hydrogens (tertiary/aromatic N) is 1. The predicted molar refractivity (Wildman–Crippen MR) is 132 cm³/mol. The molecule has 2 aromatic carbocycles. The molecule has 1 atom stereocenters. The number of hydrogen-bond donors (Lipinski definition) is 3. The van der Waals surface area contributed by atoms with Gasteiger partial charge in [0, 0.05) is 12.5 Å². The highest BCUT2D eigenvalue weighted by Gasteiger charge is 2.31. The van der Waals surface area contributed by atoms with Gasteiger partial charge in [-0.05, 0) is 40.5 Å². The quantitative estimate of drug-likeness (QED) is 0.476. The van der Waals surface area contributed by atoms with Crippen molar-refractivity contribution in [2.75, 3.05) is 26.3 Å². The van der Waals surface area contributed by atoms with Crippen molar-refractivity contribution in [3.05, 3.63) is 59.7 Å². The average molecular weight is 483 g/mol. The maximum atomic E-state index is 13.1. The van der Waals surface area contributed by atoms with Crippen molar-refractivity contribution < 1.29 is 29.3 Å². The molecule has 0 bridgehead atoms. The topological polar surface area (TPSA) is 116 Å². The minimum absolute atomic E-state index is 0.101. The van der Waals surface area contributed by atoms with Gasteiger partial charge in [-0.3, -0.25) is 9.59 Å². The molecule has 3 N–H and O–H groups in total. The van der Waals surface area contributed by atoms with Gasteiger partial charge in [0.05, 0.1) is 6.61 Å². The summed E-state index contributed by atoms with van der Waals surface area (Å²) in [6.07, 6.45) is 0.194. The lowest BCUT2D eigenvalue weighted by molar-refractivity contribution is -0.145. The van der Waals surface area contributed by atoms with E-state index < -0.39 is 30.6 Å². The Morgan fingerprint density at radius 3 is 2.11 bits per heavy atom. The molecular formula is C27H34N2O6. The molecule has 0 saturated carbocycles. The molecule has 35 heavy (non-hydrogen) atoms. The number of carboxylic acids is 1. The van der Waals surface area contributed by atoms with E-state index in [-0.39, 0.29) is 31.1 Å². The summed E-state index contributed by atoms with van der Waals surface area (Å²) in [6.45, 7) is 5.09. The summed E-state index contributed by atoms with van der Waals surface area (Å²) in [5.41, 5.74) is 4.29. The standard InChI is InChI=1S/C27H34N2O6/c1-27(2,3)13-12-23(25(33)29(14-15-30)16-24(31)32)28-26(34)35-17-22-20-10-6-4-8-18(20)19-9-5-7-11-21(19)22/h4-11,22-23,30H,12-17H2,1-3H3,(H,28,34)(H,31,32). The van der Waals surface area contributed by atoms with E-state index in [2.05, 4.69) is 5.32 Å². The fourth-order valence-electron chi connectivity index (χ4n) is 4.39. The Kier molecular flexibility index (Phi) is 8.51. The lowest BCUT2D eigenvalue weighted by Crippen LogP contribution is -2.51. The minimum Gasteiger partial charge on any atom is -0.480 e. The number of carbonyl (C=O) groups excluding carboxylic acids is 2. The van der Waals surface area contributed by atoms with Gasteiger partial charge >= 0.3 is 12.1 Å². The van der Waals surface area contributed by atoms with Gasteiger partial charge in [0.25, 0.3) is 0 Å². The number of carbonyl (C=O) groups is 3. The fourth-order valence-corrected chi connectivity index (χ4v) is 4.39. The molecule has 188 valence electrons. The third kappa shape index (κ3) is 6.82. The number of ether oxygens (including phenoxy) is 1. The summed E-state index contributed by atoms with van der Waals surface area (Å²) >= 11 is 0. The first-order valence-electron chi connectivity index (χ1n) is 11.8. The molecular weight excluding hydrogens is 448 g/mol. The first-order valence-corrected chi connectivity index (χ1v) is 11.8. The van der Waals surface area contributed by atoms with Gasteiger partial charge in [-0.15, -0.1) is 0 Å². The summed E-state index contributed by atoms with van der Waals surface area (Å²) in [4.78, 5) is 38.1. The number of fused-ring (bicyclic) bond motifs is 3. The molecule has 2 amide bonds. The van der Waals surface area contributed by atoms with Crippen molar-refractivity contribution in [1.82, 2.24) is 10.2 Å². The zero-order chi connectivity index (χ0) is 25.6. The van der Waals surface area contributed by atoms with Crippen LogP contribution in [-0.2, 0) is 14.3 Å². The highest BCUT2D eigenvalue weighted by Crippen LogP contribution is 2.44. The summed E-state index contributed by atoms with van der Waals surface area (Å²) in [5.74, 6) is -1.86. The van der Waals surface area contributed by atoms with Crippen molar-refractivity contribution in [2.45, 2.75) is 45.6 Å². The molecule has 8 heteroatoms. The van der Waals surface area contributed by atoms with Gasteiger partial charge in [0.15, 0.2) is 0 Å². The minimum atomic E-state index is -1.19. The first kappa shape index (κ1) is 26.2. The van der Waals surface area contributed by atoms with Crippen LogP contribution in [0.4, 0.5) is 4.79 Å². The van der Waals surface area contributed by atoms with Crippen LogP contribution < -0.4 is 5.32 Å². The number of hydrogen-bond acceptors (Lipinski definition) is 5. The van der Waals surface area contributed by atoms with Crippen LogP contribution in [0.25, 0.3) is 11.1 Å². The summed E-state index contributed by atoms with van der Waals surface area (Å²) in [6, 6.07) is 15.1. The second kappa shape index (κ2) is 11.4. The zero-order valence-corrected chi connectivity index (χ0v) is 20.5. The van der Waals surface area contributed by atoms with Gasteiger partial charge in [0.1, 0.15) is 19.2 Å². The maximum Gasteiger partial charge on any atom is 0.407 e. The Balaban J connectivity index is 1.71. The Labute approximate surface area is 205 Å². The average Bonchev–Trinajstić information content (AvgIpc) is 3.12. The highest BCUT2D eigenvalue weighted by molar-refractivity contribution is 5.88. The van der Waals surface area contributed by atoms with Gasteiger partial charge in [0.2, 0.25) is 5.91 Å². The van der Waals surface area contributed by atoms with E-state index in [9.17, 15) is 19.5 Å². The second-order valence-electron chi connectivity index (χ2n) is 10.00. The van der Waals surface area contributed by atoms with Crippen molar-refractivity contribution >= 4 is 18.0 Å². The van der Waals surface area contributed by atoms with Crippen LogP contribution in [0, 0.1) is 5.41 Å². The van der Waals surface area contributed by atoms with Gasteiger partial charge < -0.3 is 25.2 Å². The third-order valence-corrected chi connectivity index (χ3v) is 6.12. The molecule has 0 fully saturated rings. The van der Waals surface area contributed by atoms with Gasteiger partial charge in [-0.2, -0.15) is 0 Å². The molecule has 0 spiro atoms. The third-order valence-electron chi connectivity index (χ3n) is 6.12. The molecule has 2 aromatic rings. The van der Waals surface area contributed by atoms with E-state index in [1.807, 2.05) is 69.3 Å². The summed E-state index contributed by atoms with van der Waals surface area (Å²) in [5, 5.41) is 21.1. The van der Waals surface area contributed by atoms with Gasteiger partial charge in [-0.25, -0.2) is 4.79 Å². The number of carboxylic acid groups (broad SMARTS) is 1. The normalized spacial score (nSPS) is 13.5. The Morgan fingerprint density at radius 1 is 1.03 bits per heavy atom. The predicted octanol–water partition coefficient (Wildman–Crippen LogP) is 3.63. The monoisotopic (exact) mass is 482 g/mol. The summed E-state index contributed by atoms with van der Waals surface area (Å²) in [7, 11) is 0. The number of amides is 2. The van der Waals surface area contributed by atoms with E-state index in [0.717, 1.165) is 27.2 Å². The summed E-state index contributed by atoms with van der Waals surface area (Å²) < 4.78 is 5.59. The number of aliphatic hydroxyl groups excluding tert-OH is 1. The molecule has 1 unspecified atom stereocenters. The van der Waals surface area contributed by atoms with E-state index in [4.69, 9.17) is 9.84 Å². The first-order chi connectivity index (χ1) is 16.6. The second-order valence-corrected chi connectivity index (χ2v) is 10.00. The number of alkyl carbamates (subject to hydrolysis) is 1. The number of benzene rings is 2. The van der Waals surface area contributed by atoms with Crippen molar-refractivity contribution in [3.8, 4) is 11.1 Å². The molecule has 1 aliphatic rings. The fraction of sp³-hybridized carbons (Fsp3) is 0.444. The van der Waals surface area contributed by atoms with E-state index in [1.165, 1.54) is 0 Å². The Bertz CT molecular complexity index is 1020. The largest absolute Gasteiger partial charge is 0.480 e. The molecule has 0 saturated heterocycles. The van der Waals surface area contributed by atoms with E-state index in [0.29, 0.717) is 12.8 Å². The van der Waals surface area contributed by atoms with Crippen LogP contribution in [0.15, 0.2) is 48.5 Å². The van der Waals surface area contributed by atoms with Crippen LogP contribution in [0.3, 0.4) is 0 Å². The number of aliphatic carboxylic acids is 1.